The van der Waals surface area contributed by atoms with Gasteiger partial charge < -0.3 is 14.8 Å². The Morgan fingerprint density at radius 2 is 1.61 bits per heavy atom. The zero-order chi connectivity index (χ0) is 24.0. The Hall–Kier alpha value is -3.52. The molecular formula is C25H28N2O5S. The molecule has 0 spiro atoms. The summed E-state index contributed by atoms with van der Waals surface area (Å²) in [6.07, 6.45) is 0. The molecule has 1 amide bonds. The summed E-state index contributed by atoms with van der Waals surface area (Å²) >= 11 is 0. The van der Waals surface area contributed by atoms with E-state index in [1.807, 2.05) is 26.0 Å². The third-order valence-electron chi connectivity index (χ3n) is 5.40. The van der Waals surface area contributed by atoms with Crippen LogP contribution in [0.1, 0.15) is 16.7 Å². The van der Waals surface area contributed by atoms with Gasteiger partial charge in [0.25, 0.3) is 10.0 Å². The number of aryl methyl sites for hydroxylation is 1. The van der Waals surface area contributed by atoms with E-state index in [9.17, 15) is 13.2 Å². The molecular weight excluding hydrogens is 440 g/mol. The van der Waals surface area contributed by atoms with Gasteiger partial charge in [-0.25, -0.2) is 8.42 Å². The average molecular weight is 469 g/mol. The molecule has 0 heterocycles. The second-order valence-corrected chi connectivity index (χ2v) is 9.37. The highest BCUT2D eigenvalue weighted by Crippen LogP contribution is 2.29. The molecule has 0 aromatic heterocycles. The quantitative estimate of drug-likeness (QED) is 0.516. The smallest absolute Gasteiger partial charge is 0.264 e. The molecule has 0 bridgehead atoms. The first kappa shape index (κ1) is 24.1. The van der Waals surface area contributed by atoms with E-state index in [2.05, 4.69) is 5.32 Å². The van der Waals surface area contributed by atoms with Crippen LogP contribution in [0.5, 0.6) is 11.5 Å². The Balaban J connectivity index is 1.86. The minimum atomic E-state index is -3.96. The van der Waals surface area contributed by atoms with Crippen molar-refractivity contribution in [2.24, 2.45) is 0 Å². The number of ether oxygens (including phenoxy) is 2. The summed E-state index contributed by atoms with van der Waals surface area (Å²) in [4.78, 5) is 13.0. The average Bonchev–Trinajstić information content (AvgIpc) is 2.83. The van der Waals surface area contributed by atoms with Gasteiger partial charge in [-0.15, -0.1) is 0 Å². The summed E-state index contributed by atoms with van der Waals surface area (Å²) < 4.78 is 38.6. The number of nitrogens with one attached hydrogen (secondary N) is 1. The number of nitrogens with zero attached hydrogens (tertiary/aromatic N) is 1. The number of rotatable bonds is 9. The SMILES string of the molecule is COc1ccc(CNC(=O)CN(c2cccc(C)c2C)S(=O)(=O)c2ccccc2)cc1OC. The van der Waals surface area contributed by atoms with Gasteiger partial charge >= 0.3 is 0 Å². The summed E-state index contributed by atoms with van der Waals surface area (Å²) in [5.74, 6) is 0.709. The number of benzene rings is 3. The van der Waals surface area contributed by atoms with E-state index in [4.69, 9.17) is 9.47 Å². The molecule has 0 radical (unpaired) electrons. The lowest BCUT2D eigenvalue weighted by Crippen LogP contribution is -2.41. The number of anilines is 1. The van der Waals surface area contributed by atoms with E-state index >= 15 is 0 Å². The molecule has 0 aliphatic rings. The van der Waals surface area contributed by atoms with Crippen LogP contribution in [-0.2, 0) is 21.4 Å². The first-order chi connectivity index (χ1) is 15.8. The molecule has 8 heteroatoms. The first-order valence-electron chi connectivity index (χ1n) is 10.4. The van der Waals surface area contributed by atoms with Crippen LogP contribution in [-0.4, -0.2) is 35.1 Å². The van der Waals surface area contributed by atoms with Crippen molar-refractivity contribution in [1.29, 1.82) is 0 Å². The molecule has 3 aromatic rings. The van der Waals surface area contributed by atoms with Crippen LogP contribution in [0.4, 0.5) is 5.69 Å². The molecule has 0 aliphatic heterocycles. The lowest BCUT2D eigenvalue weighted by Gasteiger charge is -2.26. The highest BCUT2D eigenvalue weighted by molar-refractivity contribution is 7.92. The van der Waals surface area contributed by atoms with Gasteiger partial charge in [-0.2, -0.15) is 0 Å². The van der Waals surface area contributed by atoms with Gasteiger partial charge in [-0.3, -0.25) is 9.10 Å². The molecule has 1 N–H and O–H groups in total. The monoisotopic (exact) mass is 468 g/mol. The lowest BCUT2D eigenvalue weighted by atomic mass is 10.1. The molecule has 3 aromatic carbocycles. The van der Waals surface area contributed by atoms with E-state index in [1.165, 1.54) is 19.2 Å². The molecule has 0 aliphatic carbocycles. The molecule has 0 fully saturated rings. The van der Waals surface area contributed by atoms with E-state index < -0.39 is 15.9 Å². The van der Waals surface area contributed by atoms with Crippen molar-refractivity contribution in [1.82, 2.24) is 5.32 Å². The third-order valence-corrected chi connectivity index (χ3v) is 7.17. The van der Waals surface area contributed by atoms with Crippen molar-refractivity contribution >= 4 is 21.6 Å². The molecule has 7 nitrogen and oxygen atoms in total. The molecule has 0 saturated carbocycles. The largest absolute Gasteiger partial charge is 0.493 e. The standard InChI is InChI=1S/C25H28N2O5S/c1-18-9-8-12-22(19(18)2)27(33(29,30)21-10-6-5-7-11-21)17-25(28)26-16-20-13-14-23(31-3)24(15-20)32-4/h5-15H,16-17H2,1-4H3,(H,26,28). The van der Waals surface area contributed by atoms with Crippen molar-refractivity contribution in [2.75, 3.05) is 25.1 Å². The molecule has 0 saturated heterocycles. The van der Waals surface area contributed by atoms with Gasteiger partial charge in [0.1, 0.15) is 6.54 Å². The highest BCUT2D eigenvalue weighted by Gasteiger charge is 2.28. The number of amides is 1. The number of sulfonamides is 1. The maximum Gasteiger partial charge on any atom is 0.264 e. The second-order valence-electron chi connectivity index (χ2n) is 7.51. The van der Waals surface area contributed by atoms with Crippen LogP contribution in [0.25, 0.3) is 0 Å². The van der Waals surface area contributed by atoms with E-state index in [-0.39, 0.29) is 18.0 Å². The molecule has 174 valence electrons. The van der Waals surface area contributed by atoms with Gasteiger partial charge in [0.05, 0.1) is 24.8 Å². The van der Waals surface area contributed by atoms with Gasteiger partial charge in [-0.1, -0.05) is 36.4 Å². The number of carbonyl (C=O) groups is 1. The maximum atomic E-state index is 13.5. The topological polar surface area (TPSA) is 84.9 Å². The van der Waals surface area contributed by atoms with Crippen LogP contribution in [0.2, 0.25) is 0 Å². The van der Waals surface area contributed by atoms with Crippen molar-refractivity contribution in [3.05, 3.63) is 83.4 Å². The number of carbonyl (C=O) groups excluding carboxylic acids is 1. The normalized spacial score (nSPS) is 11.0. The van der Waals surface area contributed by atoms with Crippen LogP contribution < -0.4 is 19.1 Å². The Morgan fingerprint density at radius 3 is 2.27 bits per heavy atom. The fourth-order valence-electron chi connectivity index (χ4n) is 3.40. The van der Waals surface area contributed by atoms with E-state index in [1.54, 1.807) is 49.6 Å². The minimum absolute atomic E-state index is 0.124. The molecule has 0 unspecified atom stereocenters. The van der Waals surface area contributed by atoms with Crippen LogP contribution in [0.15, 0.2) is 71.6 Å². The summed E-state index contributed by atoms with van der Waals surface area (Å²) in [7, 11) is -0.867. The second kappa shape index (κ2) is 10.4. The van der Waals surface area contributed by atoms with Gasteiger partial charge in [0.2, 0.25) is 5.91 Å². The number of hydrogen-bond donors (Lipinski definition) is 1. The third kappa shape index (κ3) is 5.46. The minimum Gasteiger partial charge on any atom is -0.493 e. The zero-order valence-corrected chi connectivity index (χ0v) is 20.0. The Labute approximate surface area is 195 Å². The maximum absolute atomic E-state index is 13.5. The van der Waals surface area contributed by atoms with Crippen molar-refractivity contribution < 1.29 is 22.7 Å². The molecule has 0 atom stereocenters. The van der Waals surface area contributed by atoms with Crippen molar-refractivity contribution in [3.63, 3.8) is 0 Å². The molecule has 3 rings (SSSR count). The van der Waals surface area contributed by atoms with Crippen molar-refractivity contribution in [3.8, 4) is 11.5 Å². The Kier molecular flexibility index (Phi) is 7.60. The Morgan fingerprint density at radius 1 is 0.909 bits per heavy atom. The highest BCUT2D eigenvalue weighted by atomic mass is 32.2. The van der Waals surface area contributed by atoms with E-state index in [0.717, 1.165) is 21.0 Å². The fourth-order valence-corrected chi connectivity index (χ4v) is 4.90. The van der Waals surface area contributed by atoms with Crippen LogP contribution in [0.3, 0.4) is 0 Å². The summed E-state index contributed by atoms with van der Waals surface area (Å²) in [5.41, 5.74) is 3.00. The lowest BCUT2D eigenvalue weighted by molar-refractivity contribution is -0.119. The number of methoxy groups -OCH3 is 2. The predicted molar refractivity (Wildman–Crippen MR) is 128 cm³/mol. The van der Waals surface area contributed by atoms with Crippen molar-refractivity contribution in [2.45, 2.75) is 25.3 Å². The van der Waals surface area contributed by atoms with Gasteiger partial charge in [0.15, 0.2) is 11.5 Å². The number of hydrogen-bond acceptors (Lipinski definition) is 5. The van der Waals surface area contributed by atoms with Crippen LogP contribution in [0, 0.1) is 13.8 Å². The van der Waals surface area contributed by atoms with E-state index in [0.29, 0.717) is 17.2 Å². The first-order valence-corrected chi connectivity index (χ1v) is 11.8. The summed E-state index contributed by atoms with van der Waals surface area (Å²) in [5, 5.41) is 2.80. The predicted octanol–water partition coefficient (Wildman–Crippen LogP) is 3.83. The van der Waals surface area contributed by atoms with Gasteiger partial charge in [-0.05, 0) is 60.9 Å². The fraction of sp³-hybridized carbons (Fsp3) is 0.240. The summed E-state index contributed by atoms with van der Waals surface area (Å²) in [6.45, 7) is 3.61. The Bertz CT molecular complexity index is 1230. The van der Waals surface area contributed by atoms with Gasteiger partial charge in [0, 0.05) is 6.54 Å². The zero-order valence-electron chi connectivity index (χ0n) is 19.2. The molecule has 33 heavy (non-hydrogen) atoms. The van der Waals surface area contributed by atoms with Crippen LogP contribution >= 0.6 is 0 Å². The summed E-state index contributed by atoms with van der Waals surface area (Å²) in [6, 6.07) is 18.8.